The van der Waals surface area contributed by atoms with Crippen molar-refractivity contribution < 1.29 is 9.90 Å². The van der Waals surface area contributed by atoms with Gasteiger partial charge in [-0.15, -0.1) is 5.10 Å². The molecule has 2 aromatic rings. The van der Waals surface area contributed by atoms with Crippen molar-refractivity contribution in [1.82, 2.24) is 15.2 Å². The number of aryl methyl sites for hydroxylation is 1. The normalized spacial score (nSPS) is 10.4. The first-order chi connectivity index (χ1) is 10.0. The Morgan fingerprint density at radius 2 is 1.90 bits per heavy atom. The Morgan fingerprint density at radius 3 is 2.52 bits per heavy atom. The number of pyridine rings is 1. The molecule has 2 rings (SSSR count). The van der Waals surface area contributed by atoms with E-state index < -0.39 is 5.97 Å². The summed E-state index contributed by atoms with van der Waals surface area (Å²) in [5.74, 6) is -0.573. The average molecular weight is 286 g/mol. The Morgan fingerprint density at radius 1 is 1.24 bits per heavy atom. The highest BCUT2D eigenvalue weighted by molar-refractivity contribution is 5.95. The maximum Gasteiger partial charge on any atom is 0.339 e. The number of aromatic carboxylic acids is 1. The number of carbonyl (C=O) groups is 1. The van der Waals surface area contributed by atoms with Crippen LogP contribution in [-0.2, 0) is 6.42 Å². The molecule has 0 aliphatic heterocycles. The molecule has 2 heterocycles. The molecule has 0 fully saturated rings. The van der Waals surface area contributed by atoms with Crippen LogP contribution in [0.3, 0.4) is 0 Å². The number of anilines is 1. The third kappa shape index (κ3) is 3.34. The van der Waals surface area contributed by atoms with Crippen molar-refractivity contribution in [1.29, 1.82) is 0 Å². The molecule has 1 N–H and O–H groups in total. The second-order valence-electron chi connectivity index (χ2n) is 4.94. The zero-order valence-corrected chi connectivity index (χ0v) is 12.4. The van der Waals surface area contributed by atoms with Gasteiger partial charge >= 0.3 is 5.97 Å². The van der Waals surface area contributed by atoms with E-state index in [1.165, 1.54) is 0 Å². The molecule has 0 aliphatic carbocycles. The molecule has 0 spiro atoms. The van der Waals surface area contributed by atoms with Crippen LogP contribution in [0.15, 0.2) is 24.5 Å². The van der Waals surface area contributed by atoms with E-state index in [4.69, 9.17) is 0 Å². The zero-order valence-electron chi connectivity index (χ0n) is 12.4. The Kier molecular flexibility index (Phi) is 4.47. The lowest BCUT2D eigenvalue weighted by Gasteiger charge is -2.20. The lowest BCUT2D eigenvalue weighted by molar-refractivity contribution is 0.0696. The highest BCUT2D eigenvalue weighted by Gasteiger charge is 2.20. The smallest absolute Gasteiger partial charge is 0.339 e. The Labute approximate surface area is 123 Å². The van der Waals surface area contributed by atoms with Crippen molar-refractivity contribution in [3.05, 3.63) is 46.9 Å². The summed E-state index contributed by atoms with van der Waals surface area (Å²) in [6.45, 7) is 4.17. The van der Waals surface area contributed by atoms with Crippen molar-refractivity contribution in [2.75, 3.05) is 18.5 Å². The van der Waals surface area contributed by atoms with Crippen LogP contribution in [0.25, 0.3) is 0 Å². The minimum absolute atomic E-state index is 0.222. The molecular formula is C15H18N4O2. The summed E-state index contributed by atoms with van der Waals surface area (Å²) < 4.78 is 0. The van der Waals surface area contributed by atoms with E-state index in [-0.39, 0.29) is 5.56 Å². The van der Waals surface area contributed by atoms with Crippen LogP contribution in [0, 0.1) is 13.8 Å². The molecule has 0 saturated carbocycles. The van der Waals surface area contributed by atoms with E-state index in [2.05, 4.69) is 15.2 Å². The van der Waals surface area contributed by atoms with E-state index in [1.54, 1.807) is 26.2 Å². The fourth-order valence-electron chi connectivity index (χ4n) is 2.07. The molecule has 0 bridgehead atoms. The van der Waals surface area contributed by atoms with Gasteiger partial charge in [-0.25, -0.2) is 4.79 Å². The predicted molar refractivity (Wildman–Crippen MR) is 79.7 cm³/mol. The molecule has 0 atom stereocenters. The second kappa shape index (κ2) is 6.30. The molecule has 0 saturated heterocycles. The lowest BCUT2D eigenvalue weighted by atomic mass is 10.1. The Bertz CT molecular complexity index is 644. The SMILES string of the molecule is Cc1nnc(N(C)CCc2ccncc2)c(C(=O)O)c1C. The van der Waals surface area contributed by atoms with Crippen molar-refractivity contribution in [3.63, 3.8) is 0 Å². The average Bonchev–Trinajstić information content (AvgIpc) is 2.48. The largest absolute Gasteiger partial charge is 0.478 e. The fourth-order valence-corrected chi connectivity index (χ4v) is 2.07. The van der Waals surface area contributed by atoms with Crippen LogP contribution in [0.2, 0.25) is 0 Å². The maximum atomic E-state index is 11.5. The van der Waals surface area contributed by atoms with Gasteiger partial charge in [0.05, 0.1) is 5.69 Å². The first-order valence-corrected chi connectivity index (χ1v) is 6.68. The molecule has 6 heteroatoms. The number of hydrogen-bond acceptors (Lipinski definition) is 5. The number of aromatic nitrogens is 3. The van der Waals surface area contributed by atoms with Gasteiger partial charge in [-0.2, -0.15) is 5.10 Å². The minimum atomic E-state index is -0.976. The minimum Gasteiger partial charge on any atom is -0.478 e. The fraction of sp³-hybridized carbons (Fsp3) is 0.333. The highest BCUT2D eigenvalue weighted by Crippen LogP contribution is 2.21. The van der Waals surface area contributed by atoms with Crippen LogP contribution in [0.4, 0.5) is 5.82 Å². The maximum absolute atomic E-state index is 11.5. The van der Waals surface area contributed by atoms with Crippen LogP contribution in [-0.4, -0.2) is 39.8 Å². The van der Waals surface area contributed by atoms with Crippen LogP contribution >= 0.6 is 0 Å². The predicted octanol–water partition coefficient (Wildman–Crippen LogP) is 1.87. The summed E-state index contributed by atoms with van der Waals surface area (Å²) in [7, 11) is 1.83. The van der Waals surface area contributed by atoms with E-state index in [0.29, 0.717) is 23.6 Å². The summed E-state index contributed by atoms with van der Waals surface area (Å²) >= 11 is 0. The third-order valence-electron chi connectivity index (χ3n) is 3.50. The lowest BCUT2D eigenvalue weighted by Crippen LogP contribution is -2.25. The van der Waals surface area contributed by atoms with Crippen LogP contribution in [0.5, 0.6) is 0 Å². The number of likely N-dealkylation sites (N-methyl/N-ethyl adjacent to an activating group) is 1. The van der Waals surface area contributed by atoms with E-state index >= 15 is 0 Å². The Hall–Kier alpha value is -2.50. The molecule has 0 amide bonds. The summed E-state index contributed by atoms with van der Waals surface area (Å²) in [5.41, 5.74) is 2.66. The van der Waals surface area contributed by atoms with Crippen molar-refractivity contribution in [2.45, 2.75) is 20.3 Å². The van der Waals surface area contributed by atoms with E-state index in [0.717, 1.165) is 12.0 Å². The van der Waals surface area contributed by atoms with Crippen LogP contribution < -0.4 is 4.90 Å². The van der Waals surface area contributed by atoms with E-state index in [9.17, 15) is 9.90 Å². The van der Waals surface area contributed by atoms with Gasteiger partial charge in [0.25, 0.3) is 0 Å². The van der Waals surface area contributed by atoms with Crippen molar-refractivity contribution in [3.8, 4) is 0 Å². The summed E-state index contributed by atoms with van der Waals surface area (Å²) in [5, 5.41) is 17.5. The molecule has 0 aromatic carbocycles. The van der Waals surface area contributed by atoms with Gasteiger partial charge in [-0.05, 0) is 43.5 Å². The first-order valence-electron chi connectivity index (χ1n) is 6.68. The Balaban J connectivity index is 2.21. The number of hydrogen-bond donors (Lipinski definition) is 1. The van der Waals surface area contributed by atoms with E-state index in [1.807, 2.05) is 24.1 Å². The monoisotopic (exact) mass is 286 g/mol. The van der Waals surface area contributed by atoms with Crippen LogP contribution in [0.1, 0.15) is 27.2 Å². The number of nitrogens with zero attached hydrogens (tertiary/aromatic N) is 4. The van der Waals surface area contributed by atoms with Crippen molar-refractivity contribution in [2.24, 2.45) is 0 Å². The van der Waals surface area contributed by atoms with Gasteiger partial charge in [0.1, 0.15) is 5.56 Å². The summed E-state index contributed by atoms with van der Waals surface area (Å²) in [6.07, 6.45) is 4.27. The summed E-state index contributed by atoms with van der Waals surface area (Å²) in [6, 6.07) is 3.88. The topological polar surface area (TPSA) is 79.2 Å². The highest BCUT2D eigenvalue weighted by atomic mass is 16.4. The number of carboxylic acid groups (broad SMARTS) is 1. The van der Waals surface area contributed by atoms with Crippen molar-refractivity contribution >= 4 is 11.8 Å². The standard InChI is InChI=1S/C15H18N4O2/c1-10-11(2)17-18-14(13(10)15(20)21)19(3)9-6-12-4-7-16-8-5-12/h4-5,7-8H,6,9H2,1-3H3,(H,20,21). The van der Waals surface area contributed by atoms with Gasteiger partial charge in [-0.1, -0.05) is 0 Å². The number of rotatable bonds is 5. The quantitative estimate of drug-likeness (QED) is 0.904. The molecule has 0 aliphatic rings. The molecule has 2 aromatic heterocycles. The van der Waals surface area contributed by atoms with Gasteiger partial charge in [0.15, 0.2) is 5.82 Å². The molecule has 21 heavy (non-hydrogen) atoms. The molecular weight excluding hydrogens is 268 g/mol. The summed E-state index contributed by atoms with van der Waals surface area (Å²) in [4.78, 5) is 17.3. The van der Waals surface area contributed by atoms with Gasteiger partial charge in [0.2, 0.25) is 0 Å². The molecule has 0 unspecified atom stereocenters. The van der Waals surface area contributed by atoms with Gasteiger partial charge < -0.3 is 10.0 Å². The third-order valence-corrected chi connectivity index (χ3v) is 3.50. The van der Waals surface area contributed by atoms with Gasteiger partial charge in [0, 0.05) is 26.0 Å². The second-order valence-corrected chi connectivity index (χ2v) is 4.94. The first kappa shape index (κ1) is 14.9. The number of carboxylic acids is 1. The van der Waals surface area contributed by atoms with Gasteiger partial charge in [-0.3, -0.25) is 4.98 Å². The molecule has 0 radical (unpaired) electrons. The zero-order chi connectivity index (χ0) is 15.4. The molecule has 110 valence electrons. The molecule has 6 nitrogen and oxygen atoms in total.